The van der Waals surface area contributed by atoms with Gasteiger partial charge in [0.15, 0.2) is 5.65 Å². The maximum Gasteiger partial charge on any atom is 0.164 e. The van der Waals surface area contributed by atoms with Crippen LogP contribution >= 0.6 is 0 Å². The quantitative estimate of drug-likeness (QED) is 0.435. The van der Waals surface area contributed by atoms with Crippen molar-refractivity contribution in [2.45, 2.75) is 26.3 Å². The number of hydrogen-bond donors (Lipinski definition) is 2. The molecule has 2 aromatic heterocycles. The van der Waals surface area contributed by atoms with Gasteiger partial charge >= 0.3 is 0 Å². The SMILES string of the molecule is CC(C)(C)n1nc(C=NO)c2c(N)ncnc21. The summed E-state index contributed by atoms with van der Waals surface area (Å²) in [7, 11) is 0. The fourth-order valence-corrected chi connectivity index (χ4v) is 1.61. The van der Waals surface area contributed by atoms with Gasteiger partial charge in [-0.25, -0.2) is 14.6 Å². The zero-order valence-corrected chi connectivity index (χ0v) is 9.92. The Morgan fingerprint density at radius 2 is 2.12 bits per heavy atom. The minimum Gasteiger partial charge on any atom is -0.411 e. The van der Waals surface area contributed by atoms with Gasteiger partial charge < -0.3 is 10.9 Å². The number of fused-ring (bicyclic) bond motifs is 1. The molecule has 0 saturated carbocycles. The molecule has 2 heterocycles. The third kappa shape index (κ3) is 1.79. The van der Waals surface area contributed by atoms with E-state index in [9.17, 15) is 0 Å². The van der Waals surface area contributed by atoms with Gasteiger partial charge in [0.1, 0.15) is 17.8 Å². The summed E-state index contributed by atoms with van der Waals surface area (Å²) in [6.45, 7) is 5.99. The lowest BCUT2D eigenvalue weighted by Gasteiger charge is -2.19. The lowest BCUT2D eigenvalue weighted by molar-refractivity contribution is 0.321. The Kier molecular flexibility index (Phi) is 2.45. The Morgan fingerprint density at radius 1 is 1.41 bits per heavy atom. The van der Waals surface area contributed by atoms with Gasteiger partial charge in [0.25, 0.3) is 0 Å². The van der Waals surface area contributed by atoms with Crippen molar-refractivity contribution in [1.29, 1.82) is 0 Å². The first kappa shape index (κ1) is 11.3. The van der Waals surface area contributed by atoms with Gasteiger partial charge in [0, 0.05) is 0 Å². The van der Waals surface area contributed by atoms with Gasteiger partial charge in [0.05, 0.1) is 17.1 Å². The van der Waals surface area contributed by atoms with E-state index in [1.165, 1.54) is 12.5 Å². The standard InChI is InChI=1S/C10H14N6O/c1-10(2,3)16-9-7(6(15-16)4-14-17)8(11)12-5-13-9/h4-5,17H,1-3H3,(H2,11,12,13). The van der Waals surface area contributed by atoms with Crippen LogP contribution in [0.3, 0.4) is 0 Å². The van der Waals surface area contributed by atoms with Crippen LogP contribution < -0.4 is 5.73 Å². The fraction of sp³-hybridized carbons (Fsp3) is 0.400. The lowest BCUT2D eigenvalue weighted by atomic mass is 10.1. The van der Waals surface area contributed by atoms with E-state index >= 15 is 0 Å². The molecule has 7 heteroatoms. The molecule has 17 heavy (non-hydrogen) atoms. The van der Waals surface area contributed by atoms with Crippen LogP contribution in [0, 0.1) is 0 Å². The van der Waals surface area contributed by atoms with Crippen molar-refractivity contribution in [2.24, 2.45) is 5.16 Å². The highest BCUT2D eigenvalue weighted by Crippen LogP contribution is 2.25. The summed E-state index contributed by atoms with van der Waals surface area (Å²) in [6.07, 6.45) is 2.62. The van der Waals surface area contributed by atoms with Gasteiger partial charge in [-0.2, -0.15) is 5.10 Å². The van der Waals surface area contributed by atoms with Crippen molar-refractivity contribution in [3.63, 3.8) is 0 Å². The van der Waals surface area contributed by atoms with Gasteiger partial charge in [-0.05, 0) is 20.8 Å². The Bertz CT molecular complexity index is 580. The molecule has 90 valence electrons. The van der Waals surface area contributed by atoms with E-state index in [-0.39, 0.29) is 5.54 Å². The smallest absolute Gasteiger partial charge is 0.164 e. The van der Waals surface area contributed by atoms with Crippen LogP contribution in [-0.4, -0.2) is 31.2 Å². The number of anilines is 1. The van der Waals surface area contributed by atoms with Gasteiger partial charge in [-0.15, -0.1) is 0 Å². The first-order chi connectivity index (χ1) is 7.95. The van der Waals surface area contributed by atoms with Gasteiger partial charge in [0.2, 0.25) is 0 Å². The molecule has 0 amide bonds. The topological polar surface area (TPSA) is 102 Å². The molecule has 2 rings (SSSR count). The number of nitrogens with two attached hydrogens (primary N) is 1. The van der Waals surface area contributed by atoms with Crippen molar-refractivity contribution < 1.29 is 5.21 Å². The Balaban J connectivity index is 2.85. The average Bonchev–Trinajstić information content (AvgIpc) is 2.59. The molecule has 0 atom stereocenters. The highest BCUT2D eigenvalue weighted by atomic mass is 16.4. The number of rotatable bonds is 1. The van der Waals surface area contributed by atoms with Crippen LogP contribution in [0.5, 0.6) is 0 Å². The molecule has 0 aliphatic carbocycles. The predicted octanol–water partition coefficient (Wildman–Crippen LogP) is 0.972. The number of aromatic nitrogens is 4. The third-order valence-corrected chi connectivity index (χ3v) is 2.34. The van der Waals surface area contributed by atoms with Crippen molar-refractivity contribution in [3.8, 4) is 0 Å². The number of oxime groups is 1. The molecule has 0 aromatic carbocycles. The molecule has 0 bridgehead atoms. The second kappa shape index (κ2) is 3.69. The van der Waals surface area contributed by atoms with Crippen LogP contribution in [0.4, 0.5) is 5.82 Å². The Hall–Kier alpha value is -2.18. The molecule has 7 nitrogen and oxygen atoms in total. The molecule has 0 spiro atoms. The Labute approximate surface area is 98.0 Å². The maximum atomic E-state index is 8.62. The summed E-state index contributed by atoms with van der Waals surface area (Å²) >= 11 is 0. The highest BCUT2D eigenvalue weighted by molar-refractivity contribution is 6.00. The zero-order chi connectivity index (χ0) is 12.6. The van der Waals surface area contributed by atoms with Crippen LogP contribution in [0.1, 0.15) is 26.5 Å². The summed E-state index contributed by atoms with van der Waals surface area (Å²) in [4.78, 5) is 8.09. The minimum absolute atomic E-state index is 0.249. The van der Waals surface area contributed by atoms with E-state index < -0.39 is 0 Å². The summed E-state index contributed by atoms with van der Waals surface area (Å²) in [5.41, 5.74) is 6.63. The van der Waals surface area contributed by atoms with Crippen LogP contribution in [0.25, 0.3) is 11.0 Å². The van der Waals surface area contributed by atoms with Gasteiger partial charge in [-0.1, -0.05) is 5.16 Å². The lowest BCUT2D eigenvalue weighted by Crippen LogP contribution is -2.23. The number of hydrogen-bond acceptors (Lipinski definition) is 6. The van der Waals surface area contributed by atoms with Crippen LogP contribution in [0.15, 0.2) is 11.5 Å². The number of nitrogens with zero attached hydrogens (tertiary/aromatic N) is 5. The average molecular weight is 234 g/mol. The summed E-state index contributed by atoms with van der Waals surface area (Å²) in [5, 5.41) is 16.5. The van der Waals surface area contributed by atoms with E-state index in [1.807, 2.05) is 20.8 Å². The van der Waals surface area contributed by atoms with Crippen LogP contribution in [0.2, 0.25) is 0 Å². The third-order valence-electron chi connectivity index (χ3n) is 2.34. The molecule has 0 fully saturated rings. The molecule has 2 aromatic rings. The molecule has 0 saturated heterocycles. The molecular weight excluding hydrogens is 220 g/mol. The van der Waals surface area contributed by atoms with E-state index in [0.29, 0.717) is 22.5 Å². The monoisotopic (exact) mass is 234 g/mol. The molecular formula is C10H14N6O. The normalized spacial score (nSPS) is 12.6. The van der Waals surface area contributed by atoms with Crippen molar-refractivity contribution >= 4 is 23.1 Å². The number of nitrogen functional groups attached to an aromatic ring is 1. The molecule has 0 unspecified atom stereocenters. The van der Waals surface area contributed by atoms with E-state index in [4.69, 9.17) is 10.9 Å². The largest absolute Gasteiger partial charge is 0.411 e. The van der Waals surface area contributed by atoms with Crippen molar-refractivity contribution in [3.05, 3.63) is 12.0 Å². The van der Waals surface area contributed by atoms with Crippen molar-refractivity contribution in [2.75, 3.05) is 5.73 Å². The van der Waals surface area contributed by atoms with Crippen molar-refractivity contribution in [1.82, 2.24) is 19.7 Å². The summed E-state index contributed by atoms with van der Waals surface area (Å²) < 4.78 is 1.73. The predicted molar refractivity (Wildman–Crippen MR) is 64.1 cm³/mol. The summed E-state index contributed by atoms with van der Waals surface area (Å²) in [5.74, 6) is 0.320. The molecule has 0 aliphatic heterocycles. The second-order valence-electron chi connectivity index (χ2n) is 4.67. The zero-order valence-electron chi connectivity index (χ0n) is 9.92. The van der Waals surface area contributed by atoms with E-state index in [0.717, 1.165) is 0 Å². The molecule has 3 N–H and O–H groups in total. The van der Waals surface area contributed by atoms with Crippen LogP contribution in [-0.2, 0) is 5.54 Å². The first-order valence-electron chi connectivity index (χ1n) is 5.12. The highest BCUT2D eigenvalue weighted by Gasteiger charge is 2.22. The van der Waals surface area contributed by atoms with Gasteiger partial charge in [-0.3, -0.25) is 0 Å². The van der Waals surface area contributed by atoms with E-state index in [1.54, 1.807) is 4.68 Å². The van der Waals surface area contributed by atoms with E-state index in [2.05, 4.69) is 20.2 Å². The maximum absolute atomic E-state index is 8.62. The summed E-state index contributed by atoms with van der Waals surface area (Å²) in [6, 6.07) is 0. The second-order valence-corrected chi connectivity index (χ2v) is 4.67. The molecule has 0 radical (unpaired) electrons. The Morgan fingerprint density at radius 3 is 2.71 bits per heavy atom. The fourth-order valence-electron chi connectivity index (χ4n) is 1.61. The first-order valence-corrected chi connectivity index (χ1v) is 5.12. The molecule has 0 aliphatic rings. The minimum atomic E-state index is -0.249.